The number of hydrogen-bond donors (Lipinski definition) is 4. The number of aliphatic hydroxyl groups is 3. The molecule has 4 aliphatic rings. The number of carbonyl (C=O) groups is 1. The molecule has 0 amide bonds. The summed E-state index contributed by atoms with van der Waals surface area (Å²) in [4.78, 5) is 12.0. The molecular formula is C20H28O5. The minimum Gasteiger partial charge on any atom is -0.481 e. The summed E-state index contributed by atoms with van der Waals surface area (Å²) in [6.45, 7) is 7.71. The molecule has 5 heteroatoms. The number of aliphatic hydroxyl groups excluding tert-OH is 3. The molecule has 0 aromatic rings. The predicted octanol–water partition coefficient (Wildman–Crippen LogP) is 1.73. The van der Waals surface area contributed by atoms with Crippen molar-refractivity contribution < 1.29 is 25.2 Å². The molecule has 0 aliphatic heterocycles. The van der Waals surface area contributed by atoms with Crippen LogP contribution in [0.5, 0.6) is 0 Å². The van der Waals surface area contributed by atoms with Crippen LogP contribution in [0.15, 0.2) is 24.3 Å². The van der Waals surface area contributed by atoms with Crippen molar-refractivity contribution in [2.45, 2.75) is 57.8 Å². The summed E-state index contributed by atoms with van der Waals surface area (Å²) in [5.74, 6) is -1.25. The molecule has 3 saturated carbocycles. The van der Waals surface area contributed by atoms with E-state index in [1.807, 2.05) is 6.92 Å². The van der Waals surface area contributed by atoms with Crippen LogP contribution in [0.2, 0.25) is 0 Å². The van der Waals surface area contributed by atoms with Gasteiger partial charge in [-0.25, -0.2) is 0 Å². The number of fused-ring (bicyclic) bond motifs is 3. The normalized spacial score (nSPS) is 57.1. The van der Waals surface area contributed by atoms with Crippen molar-refractivity contribution in [1.82, 2.24) is 0 Å². The number of rotatable bonds is 1. The minimum atomic E-state index is -1.13. The van der Waals surface area contributed by atoms with Gasteiger partial charge in [-0.3, -0.25) is 4.79 Å². The molecule has 4 aliphatic carbocycles. The fraction of sp³-hybridized carbons (Fsp3) is 0.750. The lowest BCUT2D eigenvalue weighted by molar-refractivity contribution is -0.230. The van der Waals surface area contributed by atoms with Gasteiger partial charge in [0.05, 0.1) is 23.7 Å². The van der Waals surface area contributed by atoms with Gasteiger partial charge in [0.15, 0.2) is 0 Å². The highest BCUT2D eigenvalue weighted by Crippen LogP contribution is 2.71. The second-order valence-electron chi connectivity index (χ2n) is 9.18. The molecule has 0 aromatic heterocycles. The van der Waals surface area contributed by atoms with Crippen molar-refractivity contribution >= 4 is 5.97 Å². The molecule has 1 spiro atoms. The lowest BCUT2D eigenvalue weighted by Gasteiger charge is -2.65. The van der Waals surface area contributed by atoms with E-state index >= 15 is 0 Å². The van der Waals surface area contributed by atoms with Gasteiger partial charge in [0.1, 0.15) is 0 Å². The third-order valence-corrected chi connectivity index (χ3v) is 8.46. The number of carboxylic acids is 1. The molecule has 0 aromatic carbocycles. The monoisotopic (exact) mass is 348 g/mol. The topological polar surface area (TPSA) is 98.0 Å². The third-order valence-electron chi connectivity index (χ3n) is 8.46. The van der Waals surface area contributed by atoms with Gasteiger partial charge in [0.2, 0.25) is 0 Å². The van der Waals surface area contributed by atoms with Gasteiger partial charge in [-0.15, -0.1) is 0 Å². The Bertz CT molecular complexity index is 671. The van der Waals surface area contributed by atoms with Gasteiger partial charge < -0.3 is 20.4 Å². The Morgan fingerprint density at radius 2 is 1.88 bits per heavy atom. The van der Waals surface area contributed by atoms with Crippen LogP contribution >= 0.6 is 0 Å². The van der Waals surface area contributed by atoms with Crippen LogP contribution < -0.4 is 0 Å². The molecule has 9 atom stereocenters. The van der Waals surface area contributed by atoms with Gasteiger partial charge in [0.25, 0.3) is 0 Å². The molecular weight excluding hydrogens is 320 g/mol. The Balaban J connectivity index is 1.89. The van der Waals surface area contributed by atoms with Crippen molar-refractivity contribution in [3.63, 3.8) is 0 Å². The van der Waals surface area contributed by atoms with E-state index in [1.54, 1.807) is 19.1 Å². The molecule has 25 heavy (non-hydrogen) atoms. The zero-order chi connectivity index (χ0) is 18.4. The maximum atomic E-state index is 12.0. The molecule has 0 saturated heterocycles. The Morgan fingerprint density at radius 3 is 2.52 bits per heavy atom. The first-order valence-electron chi connectivity index (χ1n) is 9.25. The van der Waals surface area contributed by atoms with Crippen LogP contribution in [0.25, 0.3) is 0 Å². The highest BCUT2D eigenvalue weighted by molar-refractivity contribution is 5.77. The highest BCUT2D eigenvalue weighted by Gasteiger charge is 2.72. The van der Waals surface area contributed by atoms with E-state index in [1.165, 1.54) is 0 Å². The maximum Gasteiger partial charge on any atom is 0.313 e. The summed E-state index contributed by atoms with van der Waals surface area (Å²) in [5.41, 5.74) is -1.74. The molecule has 5 nitrogen and oxygen atoms in total. The fourth-order valence-electron chi connectivity index (χ4n) is 7.01. The summed E-state index contributed by atoms with van der Waals surface area (Å²) >= 11 is 0. The lowest BCUT2D eigenvalue weighted by Crippen LogP contribution is -2.67. The first-order valence-corrected chi connectivity index (χ1v) is 9.25. The Kier molecular flexibility index (Phi) is 3.42. The van der Waals surface area contributed by atoms with E-state index in [9.17, 15) is 25.2 Å². The second kappa shape index (κ2) is 4.96. The Hall–Kier alpha value is -1.17. The zero-order valence-electron chi connectivity index (χ0n) is 14.9. The zero-order valence-corrected chi connectivity index (χ0v) is 14.9. The average molecular weight is 348 g/mol. The molecule has 0 heterocycles. The molecule has 0 unspecified atom stereocenters. The molecule has 3 fully saturated rings. The van der Waals surface area contributed by atoms with Gasteiger partial charge >= 0.3 is 5.97 Å². The van der Waals surface area contributed by atoms with Gasteiger partial charge in [-0.1, -0.05) is 25.7 Å². The third kappa shape index (κ3) is 1.77. The smallest absolute Gasteiger partial charge is 0.313 e. The molecule has 4 N–H and O–H groups in total. The standard InChI is InChI=1S/C20H28O5/c1-10-11-4-5-12-19(3)13(8-15(22)20(12,9-11)16(10)23)18(2,17(24)25)7-6-14(19)21/h6-7,11-16,21-23H,1,4-5,8-9H2,2-3H3,(H,24,25)/t11-,12+,13-,14-,15+,16-,18-,19+,20-/m1/s1. The van der Waals surface area contributed by atoms with E-state index < -0.39 is 40.5 Å². The van der Waals surface area contributed by atoms with E-state index in [0.717, 1.165) is 18.4 Å². The summed E-state index contributed by atoms with van der Waals surface area (Å²) in [6, 6.07) is 0. The van der Waals surface area contributed by atoms with Gasteiger partial charge in [-0.05, 0) is 55.9 Å². The van der Waals surface area contributed by atoms with Crippen LogP contribution in [-0.2, 0) is 4.79 Å². The van der Waals surface area contributed by atoms with Crippen LogP contribution in [0.4, 0.5) is 0 Å². The average Bonchev–Trinajstić information content (AvgIpc) is 2.76. The molecule has 2 bridgehead atoms. The van der Waals surface area contributed by atoms with E-state index in [2.05, 4.69) is 6.58 Å². The Labute approximate surface area is 148 Å². The van der Waals surface area contributed by atoms with Crippen LogP contribution in [0.3, 0.4) is 0 Å². The Morgan fingerprint density at radius 1 is 1.20 bits per heavy atom. The quantitative estimate of drug-likeness (QED) is 0.541. The van der Waals surface area contributed by atoms with Crippen LogP contribution in [-0.4, -0.2) is 44.7 Å². The summed E-state index contributed by atoms with van der Waals surface area (Å²) in [5, 5.41) is 42.9. The van der Waals surface area contributed by atoms with E-state index in [0.29, 0.717) is 6.42 Å². The SMILES string of the molecule is C=C1[C@@H]2CC[C@H]3[C@]4(C)[C@H](O)C=C[C@@](C)(C(=O)O)[C@H]4C[C@H](O)[C@]3(C2)[C@@H]1O. The maximum absolute atomic E-state index is 12.0. The summed E-state index contributed by atoms with van der Waals surface area (Å²) in [7, 11) is 0. The first kappa shape index (κ1) is 17.3. The van der Waals surface area contributed by atoms with E-state index in [-0.39, 0.29) is 24.2 Å². The molecule has 0 radical (unpaired) electrons. The van der Waals surface area contributed by atoms with Crippen molar-refractivity contribution in [2.75, 3.05) is 0 Å². The minimum absolute atomic E-state index is 0.141. The second-order valence-corrected chi connectivity index (χ2v) is 9.18. The molecule has 138 valence electrons. The highest BCUT2D eigenvalue weighted by atomic mass is 16.4. The van der Waals surface area contributed by atoms with Crippen LogP contribution in [0.1, 0.15) is 39.5 Å². The van der Waals surface area contributed by atoms with Crippen molar-refractivity contribution in [2.24, 2.45) is 34.0 Å². The predicted molar refractivity (Wildman–Crippen MR) is 91.5 cm³/mol. The first-order chi connectivity index (χ1) is 11.6. The van der Waals surface area contributed by atoms with Crippen molar-refractivity contribution in [1.29, 1.82) is 0 Å². The van der Waals surface area contributed by atoms with E-state index in [4.69, 9.17) is 0 Å². The van der Waals surface area contributed by atoms with Gasteiger partial charge in [-0.2, -0.15) is 0 Å². The van der Waals surface area contributed by atoms with Gasteiger partial charge in [0, 0.05) is 10.8 Å². The molecule has 4 rings (SSSR count). The number of aliphatic carboxylic acids is 1. The summed E-state index contributed by atoms with van der Waals surface area (Å²) < 4.78 is 0. The lowest BCUT2D eigenvalue weighted by atomic mass is 9.40. The van der Waals surface area contributed by atoms with Crippen LogP contribution in [0, 0.1) is 34.0 Å². The fourth-order valence-corrected chi connectivity index (χ4v) is 7.01. The van der Waals surface area contributed by atoms with Crippen molar-refractivity contribution in [3.05, 3.63) is 24.3 Å². The largest absolute Gasteiger partial charge is 0.481 e. The summed E-state index contributed by atoms with van der Waals surface area (Å²) in [6.07, 6.45) is 3.44. The number of hydrogen-bond acceptors (Lipinski definition) is 4. The van der Waals surface area contributed by atoms with Crippen molar-refractivity contribution in [3.8, 4) is 0 Å². The number of carboxylic acid groups (broad SMARTS) is 1.